The third kappa shape index (κ3) is 3.97. The quantitative estimate of drug-likeness (QED) is 0.771. The third-order valence-corrected chi connectivity index (χ3v) is 6.34. The van der Waals surface area contributed by atoms with Crippen molar-refractivity contribution in [2.45, 2.75) is 122 Å². The standard InChI is InChI=1S/C21H40N2O3/c1-18(2)9-15(24)10-19(3,4)22(18)23-20(5,6)11-16(12-21(23,7)8)25-13-17-14-26-17/h15-17,24H,9-14H2,1-8H3. The molecule has 0 aromatic carbocycles. The molecule has 5 heteroatoms. The van der Waals surface area contributed by atoms with E-state index in [1.54, 1.807) is 0 Å². The molecule has 3 fully saturated rings. The Morgan fingerprint density at radius 3 is 1.58 bits per heavy atom. The van der Waals surface area contributed by atoms with E-state index < -0.39 is 0 Å². The van der Waals surface area contributed by atoms with Gasteiger partial charge in [0.25, 0.3) is 0 Å². The number of epoxide rings is 1. The molecule has 152 valence electrons. The van der Waals surface area contributed by atoms with Gasteiger partial charge in [0.15, 0.2) is 0 Å². The summed E-state index contributed by atoms with van der Waals surface area (Å²) < 4.78 is 11.5. The zero-order valence-corrected chi connectivity index (χ0v) is 18.1. The summed E-state index contributed by atoms with van der Waals surface area (Å²) in [7, 11) is 0. The molecule has 1 N–H and O–H groups in total. The summed E-state index contributed by atoms with van der Waals surface area (Å²) in [5.74, 6) is 0. The Kier molecular flexibility index (Phi) is 5.06. The molecule has 0 amide bonds. The maximum atomic E-state index is 10.4. The predicted molar refractivity (Wildman–Crippen MR) is 104 cm³/mol. The monoisotopic (exact) mass is 368 g/mol. The SMILES string of the molecule is CC1(C)CC(O)CC(C)(C)N1N1C(C)(C)CC(OCC2CO2)CC1(C)C. The molecule has 5 nitrogen and oxygen atoms in total. The molecule has 1 atom stereocenters. The normalized spacial score (nSPS) is 34.7. The van der Waals surface area contributed by atoms with Gasteiger partial charge in [-0.3, -0.25) is 0 Å². The molecule has 3 heterocycles. The topological polar surface area (TPSA) is 48.5 Å². The van der Waals surface area contributed by atoms with Crippen LogP contribution >= 0.6 is 0 Å². The van der Waals surface area contributed by atoms with Crippen LogP contribution in [0.25, 0.3) is 0 Å². The lowest BCUT2D eigenvalue weighted by Crippen LogP contribution is -2.77. The van der Waals surface area contributed by atoms with Gasteiger partial charge in [0.1, 0.15) is 6.10 Å². The Morgan fingerprint density at radius 2 is 1.19 bits per heavy atom. The lowest BCUT2D eigenvalue weighted by molar-refractivity contribution is -0.293. The van der Waals surface area contributed by atoms with Gasteiger partial charge in [-0.25, -0.2) is 10.0 Å². The first-order valence-corrected chi connectivity index (χ1v) is 10.3. The summed E-state index contributed by atoms with van der Waals surface area (Å²) >= 11 is 0. The lowest BCUT2D eigenvalue weighted by atomic mass is 9.75. The molecule has 0 saturated carbocycles. The largest absolute Gasteiger partial charge is 0.393 e. The molecule has 1 unspecified atom stereocenters. The average Bonchev–Trinajstić information content (AvgIpc) is 3.20. The van der Waals surface area contributed by atoms with Gasteiger partial charge in [0.2, 0.25) is 0 Å². The number of piperidine rings is 2. The maximum absolute atomic E-state index is 10.4. The minimum atomic E-state index is -0.234. The second-order valence-corrected chi connectivity index (χ2v) is 11.3. The fraction of sp³-hybridized carbons (Fsp3) is 1.00. The number of nitrogens with zero attached hydrogens (tertiary/aromatic N) is 2. The fourth-order valence-electron chi connectivity index (χ4n) is 6.00. The summed E-state index contributed by atoms with van der Waals surface area (Å²) in [6, 6.07) is 0. The number of aliphatic hydroxyl groups is 1. The van der Waals surface area contributed by atoms with E-state index in [2.05, 4.69) is 65.4 Å². The van der Waals surface area contributed by atoms with Crippen LogP contribution in [0.2, 0.25) is 0 Å². The van der Waals surface area contributed by atoms with Gasteiger partial charge in [0.05, 0.1) is 25.4 Å². The first kappa shape index (κ1) is 20.5. The molecule has 3 aliphatic heterocycles. The number of hydrogen-bond donors (Lipinski definition) is 1. The molecule has 0 aliphatic carbocycles. The predicted octanol–water partition coefficient (Wildman–Crippen LogP) is 3.35. The molecule has 26 heavy (non-hydrogen) atoms. The van der Waals surface area contributed by atoms with Crippen molar-refractivity contribution in [3.63, 3.8) is 0 Å². The zero-order chi connectivity index (χ0) is 19.5. The van der Waals surface area contributed by atoms with Crippen LogP contribution in [0.3, 0.4) is 0 Å². The Bertz CT molecular complexity index is 489. The van der Waals surface area contributed by atoms with E-state index in [-0.39, 0.29) is 34.4 Å². The molecule has 0 aromatic rings. The van der Waals surface area contributed by atoms with Crippen molar-refractivity contribution < 1.29 is 14.6 Å². The van der Waals surface area contributed by atoms with E-state index in [9.17, 15) is 5.11 Å². The number of rotatable bonds is 4. The third-order valence-electron chi connectivity index (χ3n) is 6.34. The van der Waals surface area contributed by atoms with Crippen molar-refractivity contribution in [3.8, 4) is 0 Å². The minimum Gasteiger partial charge on any atom is -0.393 e. The van der Waals surface area contributed by atoms with Crippen LogP contribution in [-0.2, 0) is 9.47 Å². The Morgan fingerprint density at radius 1 is 0.808 bits per heavy atom. The molecular weight excluding hydrogens is 328 g/mol. The summed E-state index contributed by atoms with van der Waals surface area (Å²) in [5, 5.41) is 15.7. The highest BCUT2D eigenvalue weighted by Gasteiger charge is 2.57. The van der Waals surface area contributed by atoms with E-state index in [0.29, 0.717) is 6.10 Å². The van der Waals surface area contributed by atoms with Crippen molar-refractivity contribution >= 4 is 0 Å². The van der Waals surface area contributed by atoms with Crippen molar-refractivity contribution in [3.05, 3.63) is 0 Å². The highest BCUT2D eigenvalue weighted by Crippen LogP contribution is 2.49. The second kappa shape index (κ2) is 6.41. The summed E-state index contributed by atoms with van der Waals surface area (Å²) in [4.78, 5) is 0. The van der Waals surface area contributed by atoms with Crippen molar-refractivity contribution in [2.24, 2.45) is 0 Å². The van der Waals surface area contributed by atoms with E-state index in [4.69, 9.17) is 9.47 Å². The summed E-state index contributed by atoms with van der Waals surface area (Å²) in [6.45, 7) is 20.0. The van der Waals surface area contributed by atoms with Crippen LogP contribution < -0.4 is 0 Å². The fourth-order valence-corrected chi connectivity index (χ4v) is 6.00. The van der Waals surface area contributed by atoms with Gasteiger partial charge in [0, 0.05) is 22.2 Å². The van der Waals surface area contributed by atoms with Crippen LogP contribution in [0.1, 0.15) is 81.1 Å². The smallest absolute Gasteiger partial charge is 0.104 e. The highest BCUT2D eigenvalue weighted by molar-refractivity contribution is 5.07. The van der Waals surface area contributed by atoms with E-state index in [1.165, 1.54) is 0 Å². The maximum Gasteiger partial charge on any atom is 0.104 e. The van der Waals surface area contributed by atoms with Crippen LogP contribution in [0.15, 0.2) is 0 Å². The molecule has 3 aliphatic rings. The molecule has 0 radical (unpaired) electrons. The van der Waals surface area contributed by atoms with Gasteiger partial charge >= 0.3 is 0 Å². The van der Waals surface area contributed by atoms with Gasteiger partial charge in [-0.1, -0.05) is 0 Å². The first-order valence-electron chi connectivity index (χ1n) is 10.3. The van der Waals surface area contributed by atoms with Crippen molar-refractivity contribution in [2.75, 3.05) is 13.2 Å². The van der Waals surface area contributed by atoms with E-state index in [0.717, 1.165) is 38.9 Å². The number of ether oxygens (including phenoxy) is 2. The highest BCUT2D eigenvalue weighted by atomic mass is 16.6. The zero-order valence-electron chi connectivity index (χ0n) is 18.1. The second-order valence-electron chi connectivity index (χ2n) is 11.3. The van der Waals surface area contributed by atoms with Crippen LogP contribution in [0.5, 0.6) is 0 Å². The Balaban J connectivity index is 1.87. The molecular formula is C21H40N2O3. The van der Waals surface area contributed by atoms with Crippen molar-refractivity contribution in [1.82, 2.24) is 10.0 Å². The van der Waals surface area contributed by atoms with Crippen molar-refractivity contribution in [1.29, 1.82) is 0 Å². The van der Waals surface area contributed by atoms with Gasteiger partial charge in [-0.2, -0.15) is 0 Å². The Hall–Kier alpha value is -0.200. The Labute approximate surface area is 160 Å². The number of hydrogen-bond acceptors (Lipinski definition) is 5. The van der Waals surface area contributed by atoms with E-state index in [1.807, 2.05) is 0 Å². The minimum absolute atomic E-state index is 0.0202. The molecule has 0 bridgehead atoms. The van der Waals surface area contributed by atoms with Crippen LogP contribution in [-0.4, -0.2) is 68.8 Å². The lowest BCUT2D eigenvalue weighted by Gasteiger charge is -2.67. The van der Waals surface area contributed by atoms with Gasteiger partial charge in [-0.15, -0.1) is 0 Å². The van der Waals surface area contributed by atoms with Gasteiger partial charge in [-0.05, 0) is 81.1 Å². The average molecular weight is 369 g/mol. The summed E-state index contributed by atoms with van der Waals surface area (Å²) in [5.41, 5.74) is -0.224. The number of hydrazine groups is 1. The summed E-state index contributed by atoms with van der Waals surface area (Å²) in [6.07, 6.45) is 3.98. The van der Waals surface area contributed by atoms with Gasteiger partial charge < -0.3 is 14.6 Å². The number of aliphatic hydroxyl groups excluding tert-OH is 1. The molecule has 3 saturated heterocycles. The van der Waals surface area contributed by atoms with E-state index >= 15 is 0 Å². The molecule has 3 rings (SSSR count). The van der Waals surface area contributed by atoms with Crippen LogP contribution in [0.4, 0.5) is 0 Å². The molecule has 0 spiro atoms. The molecule has 0 aromatic heterocycles. The first-order chi connectivity index (χ1) is 11.7. The van der Waals surface area contributed by atoms with Crippen LogP contribution in [0, 0.1) is 0 Å².